The van der Waals surface area contributed by atoms with Crippen LogP contribution in [0, 0.1) is 0 Å². The third-order valence-corrected chi connectivity index (χ3v) is 4.01. The standard InChI is InChI=1S/C19H17N5O3/c25-19(22-9-13-3-5-20-6-4-13)15-8-18(24-11-23-15)21-10-14-1-2-16-17(7-14)27-12-26-16/h1-8,11H,9-10,12H2,(H,22,25)(H,21,23,24). The zero-order valence-corrected chi connectivity index (χ0v) is 14.4. The maximum Gasteiger partial charge on any atom is 0.270 e. The summed E-state index contributed by atoms with van der Waals surface area (Å²) < 4.78 is 10.7. The Bertz CT molecular complexity index is 949. The first-order valence-corrected chi connectivity index (χ1v) is 8.39. The van der Waals surface area contributed by atoms with Gasteiger partial charge in [-0.05, 0) is 35.4 Å². The van der Waals surface area contributed by atoms with E-state index in [9.17, 15) is 4.79 Å². The van der Waals surface area contributed by atoms with E-state index in [-0.39, 0.29) is 12.7 Å². The lowest BCUT2D eigenvalue weighted by atomic mass is 10.2. The highest BCUT2D eigenvalue weighted by atomic mass is 16.7. The number of fused-ring (bicyclic) bond motifs is 1. The first-order chi connectivity index (χ1) is 13.3. The zero-order valence-electron chi connectivity index (χ0n) is 14.4. The number of aromatic nitrogens is 3. The molecule has 8 nitrogen and oxygen atoms in total. The molecule has 0 fully saturated rings. The van der Waals surface area contributed by atoms with Gasteiger partial charge in [-0.2, -0.15) is 0 Å². The minimum Gasteiger partial charge on any atom is -0.454 e. The summed E-state index contributed by atoms with van der Waals surface area (Å²) in [4.78, 5) is 24.5. The number of hydrogen-bond donors (Lipinski definition) is 2. The Morgan fingerprint density at radius 2 is 1.81 bits per heavy atom. The lowest BCUT2D eigenvalue weighted by Gasteiger charge is -2.08. The van der Waals surface area contributed by atoms with Crippen LogP contribution in [0.2, 0.25) is 0 Å². The molecule has 1 aromatic carbocycles. The second-order valence-corrected chi connectivity index (χ2v) is 5.87. The summed E-state index contributed by atoms with van der Waals surface area (Å²) in [6, 6.07) is 11.0. The van der Waals surface area contributed by atoms with Gasteiger partial charge in [0.1, 0.15) is 17.8 Å². The van der Waals surface area contributed by atoms with Crippen molar-refractivity contribution in [2.45, 2.75) is 13.1 Å². The van der Waals surface area contributed by atoms with Crippen molar-refractivity contribution in [1.82, 2.24) is 20.3 Å². The van der Waals surface area contributed by atoms with Gasteiger partial charge in [-0.15, -0.1) is 0 Å². The monoisotopic (exact) mass is 363 g/mol. The fraction of sp³-hybridized carbons (Fsp3) is 0.158. The Morgan fingerprint density at radius 3 is 2.70 bits per heavy atom. The number of amides is 1. The Labute approximate surface area is 155 Å². The van der Waals surface area contributed by atoms with E-state index in [2.05, 4.69) is 25.6 Å². The van der Waals surface area contributed by atoms with Gasteiger partial charge in [-0.1, -0.05) is 6.07 Å². The number of hydrogen-bond acceptors (Lipinski definition) is 7. The molecule has 1 amide bonds. The molecule has 8 heteroatoms. The third kappa shape index (κ3) is 4.12. The van der Waals surface area contributed by atoms with Gasteiger partial charge < -0.3 is 20.1 Å². The van der Waals surface area contributed by atoms with Crippen LogP contribution in [-0.2, 0) is 13.1 Å². The van der Waals surface area contributed by atoms with Gasteiger partial charge in [-0.25, -0.2) is 9.97 Å². The molecule has 0 bridgehead atoms. The van der Waals surface area contributed by atoms with E-state index in [1.54, 1.807) is 18.5 Å². The van der Waals surface area contributed by atoms with Crippen LogP contribution < -0.4 is 20.1 Å². The smallest absolute Gasteiger partial charge is 0.270 e. The zero-order chi connectivity index (χ0) is 18.5. The van der Waals surface area contributed by atoms with Gasteiger partial charge in [0.2, 0.25) is 6.79 Å². The molecule has 0 spiro atoms. The van der Waals surface area contributed by atoms with Crippen LogP contribution in [0.5, 0.6) is 11.5 Å². The third-order valence-electron chi connectivity index (χ3n) is 4.01. The molecule has 27 heavy (non-hydrogen) atoms. The van der Waals surface area contributed by atoms with E-state index in [0.717, 1.165) is 22.6 Å². The number of benzene rings is 1. The van der Waals surface area contributed by atoms with Gasteiger partial charge in [0.15, 0.2) is 11.5 Å². The van der Waals surface area contributed by atoms with Gasteiger partial charge in [0, 0.05) is 31.5 Å². The summed E-state index contributed by atoms with van der Waals surface area (Å²) in [5.74, 6) is 1.78. The minimum absolute atomic E-state index is 0.246. The van der Waals surface area contributed by atoms with Gasteiger partial charge in [-0.3, -0.25) is 9.78 Å². The van der Waals surface area contributed by atoms with E-state index < -0.39 is 0 Å². The van der Waals surface area contributed by atoms with Crippen molar-refractivity contribution in [2.24, 2.45) is 0 Å². The minimum atomic E-state index is -0.264. The number of pyridine rings is 1. The second kappa shape index (κ2) is 7.69. The molecule has 136 valence electrons. The molecule has 0 saturated heterocycles. The maximum atomic E-state index is 12.3. The van der Waals surface area contributed by atoms with Gasteiger partial charge >= 0.3 is 0 Å². The van der Waals surface area contributed by atoms with Crippen molar-refractivity contribution in [1.29, 1.82) is 0 Å². The van der Waals surface area contributed by atoms with Crippen molar-refractivity contribution in [3.8, 4) is 11.5 Å². The molecular weight excluding hydrogens is 346 g/mol. The van der Waals surface area contributed by atoms with E-state index >= 15 is 0 Å². The predicted molar refractivity (Wildman–Crippen MR) is 97.3 cm³/mol. The molecule has 1 aliphatic rings. The average molecular weight is 363 g/mol. The molecule has 0 aliphatic carbocycles. The van der Waals surface area contributed by atoms with E-state index in [4.69, 9.17) is 9.47 Å². The number of rotatable bonds is 6. The summed E-state index contributed by atoms with van der Waals surface area (Å²) in [5.41, 5.74) is 2.28. The van der Waals surface area contributed by atoms with Crippen LogP contribution >= 0.6 is 0 Å². The molecule has 0 unspecified atom stereocenters. The Kier molecular flexibility index (Phi) is 4.78. The molecule has 2 N–H and O–H groups in total. The fourth-order valence-electron chi connectivity index (χ4n) is 2.60. The molecule has 4 rings (SSSR count). The van der Waals surface area contributed by atoms with E-state index in [1.165, 1.54) is 6.33 Å². The van der Waals surface area contributed by atoms with Crippen molar-refractivity contribution in [2.75, 3.05) is 12.1 Å². The summed E-state index contributed by atoms with van der Waals surface area (Å²) in [6.45, 7) is 1.19. The predicted octanol–water partition coefficient (Wildman–Crippen LogP) is 2.14. The van der Waals surface area contributed by atoms with Gasteiger partial charge in [0.05, 0.1) is 0 Å². The van der Waals surface area contributed by atoms with Crippen molar-refractivity contribution in [3.05, 3.63) is 71.9 Å². The van der Waals surface area contributed by atoms with Crippen molar-refractivity contribution < 1.29 is 14.3 Å². The molecule has 0 saturated carbocycles. The number of nitrogens with zero attached hydrogens (tertiary/aromatic N) is 3. The van der Waals surface area contributed by atoms with Gasteiger partial charge in [0.25, 0.3) is 5.91 Å². The summed E-state index contributed by atoms with van der Waals surface area (Å²) >= 11 is 0. The summed E-state index contributed by atoms with van der Waals surface area (Å²) in [6.07, 6.45) is 4.73. The molecular formula is C19H17N5O3. The number of ether oxygens (including phenoxy) is 2. The highest BCUT2D eigenvalue weighted by Gasteiger charge is 2.13. The maximum absolute atomic E-state index is 12.3. The first-order valence-electron chi connectivity index (χ1n) is 8.39. The number of carbonyl (C=O) groups excluding carboxylic acids is 1. The van der Waals surface area contributed by atoms with Crippen LogP contribution in [0.1, 0.15) is 21.6 Å². The lowest BCUT2D eigenvalue weighted by molar-refractivity contribution is 0.0945. The molecule has 0 radical (unpaired) electrons. The van der Waals surface area contributed by atoms with E-state index in [0.29, 0.717) is 24.6 Å². The Hall–Kier alpha value is -3.68. The lowest BCUT2D eigenvalue weighted by Crippen LogP contribution is -2.24. The van der Waals surface area contributed by atoms with Crippen molar-refractivity contribution >= 4 is 11.7 Å². The fourth-order valence-corrected chi connectivity index (χ4v) is 2.60. The van der Waals surface area contributed by atoms with Crippen LogP contribution in [-0.4, -0.2) is 27.7 Å². The largest absolute Gasteiger partial charge is 0.454 e. The summed E-state index contributed by atoms with van der Waals surface area (Å²) in [7, 11) is 0. The normalized spacial score (nSPS) is 11.9. The number of nitrogens with one attached hydrogen (secondary N) is 2. The van der Waals surface area contributed by atoms with Crippen LogP contribution in [0.25, 0.3) is 0 Å². The van der Waals surface area contributed by atoms with Crippen LogP contribution in [0.3, 0.4) is 0 Å². The highest BCUT2D eigenvalue weighted by molar-refractivity contribution is 5.92. The second-order valence-electron chi connectivity index (χ2n) is 5.87. The Morgan fingerprint density at radius 1 is 0.963 bits per heavy atom. The first kappa shape index (κ1) is 16.8. The quantitative estimate of drug-likeness (QED) is 0.692. The SMILES string of the molecule is O=C(NCc1ccncc1)c1cc(NCc2ccc3c(c2)OCO3)ncn1. The molecule has 3 aromatic rings. The number of anilines is 1. The van der Waals surface area contributed by atoms with Crippen LogP contribution in [0.15, 0.2) is 55.1 Å². The molecule has 0 atom stereocenters. The highest BCUT2D eigenvalue weighted by Crippen LogP contribution is 2.32. The molecule has 2 aromatic heterocycles. The average Bonchev–Trinajstić information content (AvgIpc) is 3.19. The number of carbonyl (C=O) groups is 1. The van der Waals surface area contributed by atoms with Crippen molar-refractivity contribution in [3.63, 3.8) is 0 Å². The molecule has 3 heterocycles. The molecule has 1 aliphatic heterocycles. The Balaban J connectivity index is 1.36. The van der Waals surface area contributed by atoms with E-state index in [1.807, 2.05) is 30.3 Å². The van der Waals surface area contributed by atoms with Crippen LogP contribution in [0.4, 0.5) is 5.82 Å². The summed E-state index contributed by atoms with van der Waals surface area (Å²) in [5, 5.41) is 6.01. The topological polar surface area (TPSA) is 98.3 Å².